The number of fused-ring (bicyclic) bond motifs is 4. The molecule has 7 amide bonds. The number of amides is 7. The summed E-state index contributed by atoms with van der Waals surface area (Å²) in [5, 5.41) is 11.5. The average Bonchev–Trinajstić information content (AvgIpc) is 3.96. The van der Waals surface area contributed by atoms with Crippen LogP contribution in [0.4, 0.5) is 19.3 Å². The van der Waals surface area contributed by atoms with Crippen LogP contribution in [0.25, 0.3) is 10.9 Å². The fourth-order valence-corrected chi connectivity index (χ4v) is 8.68. The Labute approximate surface area is 350 Å². The number of halogens is 2. The molecular formula is C42H50F2N8O9. The first kappa shape index (κ1) is 43.0. The summed E-state index contributed by atoms with van der Waals surface area (Å²) in [7, 11) is 1.83. The van der Waals surface area contributed by atoms with E-state index in [1.165, 1.54) is 28.5 Å². The Morgan fingerprint density at radius 2 is 1.62 bits per heavy atom. The van der Waals surface area contributed by atoms with Gasteiger partial charge in [-0.25, -0.2) is 18.4 Å². The van der Waals surface area contributed by atoms with Crippen LogP contribution in [0.1, 0.15) is 45.6 Å². The highest BCUT2D eigenvalue weighted by Crippen LogP contribution is 2.28. The fraction of sp³-hybridized carbons (Fsp3) is 0.500. The van der Waals surface area contributed by atoms with Gasteiger partial charge in [0.1, 0.15) is 54.0 Å². The van der Waals surface area contributed by atoms with Crippen molar-refractivity contribution in [3.63, 3.8) is 0 Å². The van der Waals surface area contributed by atoms with Crippen molar-refractivity contribution in [2.24, 2.45) is 13.0 Å². The summed E-state index contributed by atoms with van der Waals surface area (Å²) < 4.78 is 42.1. The number of anilines is 1. The van der Waals surface area contributed by atoms with E-state index in [1.807, 2.05) is 30.8 Å². The number of urea groups is 1. The summed E-state index contributed by atoms with van der Waals surface area (Å²) >= 11 is 0. The number of ether oxygens (including phenoxy) is 2. The van der Waals surface area contributed by atoms with Crippen LogP contribution in [0.15, 0.2) is 48.7 Å². The smallest absolute Gasteiger partial charge is 0.329 e. The highest BCUT2D eigenvalue weighted by atomic mass is 19.1. The quantitative estimate of drug-likeness (QED) is 0.266. The van der Waals surface area contributed by atoms with Crippen molar-refractivity contribution in [3.05, 3.63) is 65.9 Å². The average molecular weight is 849 g/mol. The highest BCUT2D eigenvalue weighted by molar-refractivity contribution is 5.99. The first-order chi connectivity index (χ1) is 29.1. The molecule has 0 saturated carbocycles. The Balaban J connectivity index is 1.21. The van der Waals surface area contributed by atoms with Crippen LogP contribution < -0.4 is 21.3 Å². The second kappa shape index (κ2) is 17.9. The maximum Gasteiger partial charge on any atom is 0.329 e. The lowest BCUT2D eigenvalue weighted by atomic mass is 10.0. The molecule has 4 aliphatic heterocycles. The molecule has 3 aromatic rings. The first-order valence-electron chi connectivity index (χ1n) is 20.5. The van der Waals surface area contributed by atoms with Crippen molar-refractivity contribution in [1.29, 1.82) is 0 Å². The van der Waals surface area contributed by atoms with Crippen molar-refractivity contribution in [1.82, 2.24) is 35.2 Å². The summed E-state index contributed by atoms with van der Waals surface area (Å²) in [4.78, 5) is 102. The van der Waals surface area contributed by atoms with E-state index in [0.717, 1.165) is 23.0 Å². The van der Waals surface area contributed by atoms with E-state index < -0.39 is 102 Å². The maximum atomic E-state index is 14.7. The van der Waals surface area contributed by atoms with E-state index in [1.54, 1.807) is 18.2 Å². The number of morpholine rings is 1. The van der Waals surface area contributed by atoms with Crippen LogP contribution in [0, 0.1) is 17.6 Å². The molecule has 0 aliphatic carbocycles. The number of hydrogen-bond acceptors (Lipinski definition) is 9. The number of nitrogens with zero attached hydrogens (tertiary/aromatic N) is 4. The number of rotatable bonds is 6. The number of cyclic esters (lactones) is 1. The van der Waals surface area contributed by atoms with Crippen molar-refractivity contribution in [3.8, 4) is 0 Å². The third kappa shape index (κ3) is 9.30. The number of carbonyl (C=O) groups excluding carboxylic acids is 7. The molecule has 326 valence electrons. The zero-order valence-corrected chi connectivity index (χ0v) is 34.3. The van der Waals surface area contributed by atoms with Crippen LogP contribution in [-0.4, -0.2) is 136 Å². The fourth-order valence-electron chi connectivity index (χ4n) is 8.68. The Bertz CT molecular complexity index is 2220. The third-order valence-corrected chi connectivity index (χ3v) is 11.8. The molecule has 2 aromatic carbocycles. The van der Waals surface area contributed by atoms with Crippen molar-refractivity contribution in [2.75, 3.05) is 38.2 Å². The van der Waals surface area contributed by atoms with E-state index in [-0.39, 0.29) is 57.2 Å². The number of nitrogens with one attached hydrogen (secondary N) is 4. The number of esters is 1. The van der Waals surface area contributed by atoms with Gasteiger partial charge in [0, 0.05) is 56.6 Å². The molecule has 8 atom stereocenters. The maximum absolute atomic E-state index is 14.7. The standard InChI is InChI=1S/C42H50F2N8O9/c1-22-14-33-41(58)61-24(3)35(40(57)50-10-5-6-31(50)39(56)51-12-13-60-21-34(51)37(54)45-23(2)38(55)52(33)20-22)48-36(53)30(17-25-15-27(43)18-28(44)16-25)47-42(59)46-29-8-7-26-9-11-49(4)32(26)19-29/h7-9,11,15-16,18-19,22-24,30-31,33-35H,5-6,10,12-14,17,20-21H2,1-4H3,(H,45,54)(H,48,53)(H2,46,47,59)/t22-,23-,24-,30-,31-,33-,34-,35-/m0/s1. The van der Waals surface area contributed by atoms with Crippen molar-refractivity contribution < 1.29 is 51.8 Å². The number of hydrogen-bond donors (Lipinski definition) is 4. The summed E-state index contributed by atoms with van der Waals surface area (Å²) in [6, 6.07) is 1.33. The third-order valence-electron chi connectivity index (χ3n) is 11.8. The molecule has 0 bridgehead atoms. The van der Waals surface area contributed by atoms with Gasteiger partial charge in [-0.3, -0.25) is 24.0 Å². The van der Waals surface area contributed by atoms with Gasteiger partial charge in [0.2, 0.25) is 29.5 Å². The Kier molecular flexibility index (Phi) is 12.6. The summed E-state index contributed by atoms with van der Waals surface area (Å²) in [6.07, 6.45) is 0.857. The van der Waals surface area contributed by atoms with Gasteiger partial charge in [0.15, 0.2) is 0 Å². The monoisotopic (exact) mass is 848 g/mol. The Hall–Kier alpha value is -6.11. The predicted molar refractivity (Wildman–Crippen MR) is 214 cm³/mol. The number of benzene rings is 2. The molecule has 4 saturated heterocycles. The topological polar surface area (TPSA) is 201 Å². The van der Waals surface area contributed by atoms with Gasteiger partial charge in [-0.15, -0.1) is 0 Å². The second-order valence-corrected chi connectivity index (χ2v) is 16.4. The van der Waals surface area contributed by atoms with Crippen LogP contribution >= 0.6 is 0 Å². The molecule has 5 heterocycles. The molecule has 4 aliphatic rings. The minimum absolute atomic E-state index is 0.00983. The molecule has 61 heavy (non-hydrogen) atoms. The first-order valence-corrected chi connectivity index (χ1v) is 20.5. The Morgan fingerprint density at radius 1 is 0.885 bits per heavy atom. The molecule has 1 aromatic heterocycles. The van der Waals surface area contributed by atoms with Gasteiger partial charge < -0.3 is 50.0 Å². The molecule has 7 rings (SSSR count). The van der Waals surface area contributed by atoms with Gasteiger partial charge >= 0.3 is 12.0 Å². The van der Waals surface area contributed by atoms with Gasteiger partial charge in [-0.2, -0.15) is 0 Å². The largest absolute Gasteiger partial charge is 0.458 e. The van der Waals surface area contributed by atoms with Crippen molar-refractivity contribution in [2.45, 2.75) is 88.8 Å². The van der Waals surface area contributed by atoms with Crippen LogP contribution in [0.2, 0.25) is 0 Å². The molecule has 4 fully saturated rings. The normalized spacial score (nSPS) is 26.9. The van der Waals surface area contributed by atoms with Gasteiger partial charge in [-0.1, -0.05) is 13.0 Å². The lowest BCUT2D eigenvalue weighted by molar-refractivity contribution is -0.164. The molecular weight excluding hydrogens is 799 g/mol. The van der Waals surface area contributed by atoms with Gasteiger partial charge in [0.25, 0.3) is 0 Å². The summed E-state index contributed by atoms with van der Waals surface area (Å²) in [5.41, 5.74) is 1.20. The second-order valence-electron chi connectivity index (χ2n) is 16.4. The van der Waals surface area contributed by atoms with Crippen LogP contribution in [0.3, 0.4) is 0 Å². The predicted octanol–water partition coefficient (Wildman–Crippen LogP) is 1.58. The highest BCUT2D eigenvalue weighted by Gasteiger charge is 2.47. The van der Waals surface area contributed by atoms with E-state index in [9.17, 15) is 42.3 Å². The van der Waals surface area contributed by atoms with E-state index in [0.29, 0.717) is 18.2 Å². The van der Waals surface area contributed by atoms with Gasteiger partial charge in [0.05, 0.1) is 13.2 Å². The van der Waals surface area contributed by atoms with Crippen molar-refractivity contribution >= 4 is 58.1 Å². The molecule has 17 nitrogen and oxygen atoms in total. The summed E-state index contributed by atoms with van der Waals surface area (Å²) in [6.45, 7) is 4.99. The van der Waals surface area contributed by atoms with Crippen LogP contribution in [-0.2, 0) is 51.7 Å². The van der Waals surface area contributed by atoms with Crippen LogP contribution in [0.5, 0.6) is 0 Å². The minimum Gasteiger partial charge on any atom is -0.458 e. The lowest BCUT2D eigenvalue weighted by Gasteiger charge is -2.39. The number of aryl methyl sites for hydroxylation is 1. The zero-order chi connectivity index (χ0) is 43.7. The van der Waals surface area contributed by atoms with E-state index in [2.05, 4.69) is 21.3 Å². The Morgan fingerprint density at radius 3 is 2.38 bits per heavy atom. The molecule has 4 N–H and O–H groups in total. The van der Waals surface area contributed by atoms with Gasteiger partial charge in [-0.05, 0) is 80.3 Å². The number of carbonyl (C=O) groups is 7. The van der Waals surface area contributed by atoms with E-state index in [4.69, 9.17) is 9.47 Å². The molecule has 0 spiro atoms. The molecule has 19 heteroatoms. The molecule has 0 radical (unpaired) electrons. The number of aromatic nitrogens is 1. The lowest BCUT2D eigenvalue weighted by Crippen LogP contribution is -2.64. The minimum atomic E-state index is -1.65. The summed E-state index contributed by atoms with van der Waals surface area (Å²) in [5.74, 6) is -6.33. The SMILES string of the molecule is C[C@H]1C[C@H]2C(=O)O[C@@H](C)[C@H](NC(=O)[C@H](Cc3cc(F)cc(F)c3)NC(=O)Nc3ccc4ccn(C)c4c3)C(=O)N3CCC[C@H]3C(=O)N3CCOC[C@H]3C(=O)N[C@@H](C)C(=O)N2C1. The zero-order valence-electron chi connectivity index (χ0n) is 34.3. The van der Waals surface area contributed by atoms with E-state index >= 15 is 0 Å². The molecule has 0 unspecified atom stereocenters.